The number of hydrogen-bond donors (Lipinski definition) is 1. The van der Waals surface area contributed by atoms with E-state index in [2.05, 4.69) is 25.9 Å². The summed E-state index contributed by atoms with van der Waals surface area (Å²) in [7, 11) is 0. The van der Waals surface area contributed by atoms with Gasteiger partial charge in [-0.15, -0.1) is 0 Å². The van der Waals surface area contributed by atoms with Gasteiger partial charge in [0.1, 0.15) is 5.76 Å². The standard InChI is InChI=1S/C25H17BrClN3O3S/c1-12-8-14(5-6-16(12)26)22(31)20-21(15-4-3-7-28-11-15)30(24(33)23(20)32)25-29-18-10-17(27)13(2)9-19(18)34-25/h3-11,21,31H,1-2H3/b22-20+. The quantitative estimate of drug-likeness (QED) is 0.181. The zero-order valence-corrected chi connectivity index (χ0v) is 21.2. The normalized spacial score (nSPS) is 17.6. The van der Waals surface area contributed by atoms with Crippen molar-refractivity contribution in [2.75, 3.05) is 4.90 Å². The number of carbonyl (C=O) groups excluding carboxylic acids is 2. The van der Waals surface area contributed by atoms with Crippen LogP contribution in [0.5, 0.6) is 0 Å². The van der Waals surface area contributed by atoms with Crippen LogP contribution < -0.4 is 4.90 Å². The summed E-state index contributed by atoms with van der Waals surface area (Å²) in [4.78, 5) is 36.7. The number of aromatic nitrogens is 2. The van der Waals surface area contributed by atoms with Gasteiger partial charge in [0.05, 0.1) is 21.8 Å². The van der Waals surface area contributed by atoms with E-state index in [0.29, 0.717) is 26.8 Å². The van der Waals surface area contributed by atoms with Crippen molar-refractivity contribution in [3.63, 3.8) is 0 Å². The average molecular weight is 555 g/mol. The first-order valence-corrected chi connectivity index (χ1v) is 12.3. The molecule has 3 heterocycles. The SMILES string of the molecule is Cc1cc2sc(N3C(=O)C(=O)/C(=C(/O)c4ccc(Br)c(C)c4)C3c3cccnc3)nc2cc1Cl. The zero-order chi connectivity index (χ0) is 24.1. The lowest BCUT2D eigenvalue weighted by molar-refractivity contribution is -0.132. The van der Waals surface area contributed by atoms with Crippen LogP contribution in [0, 0.1) is 13.8 Å². The number of halogens is 2. The minimum Gasteiger partial charge on any atom is -0.507 e. The molecule has 0 radical (unpaired) electrons. The number of anilines is 1. The van der Waals surface area contributed by atoms with Gasteiger partial charge in [0.15, 0.2) is 5.13 Å². The van der Waals surface area contributed by atoms with Crippen LogP contribution in [0.1, 0.15) is 28.3 Å². The number of aliphatic hydroxyl groups excluding tert-OH is 1. The van der Waals surface area contributed by atoms with Gasteiger partial charge in [-0.3, -0.25) is 19.5 Å². The molecule has 0 spiro atoms. The second-order valence-electron chi connectivity index (χ2n) is 7.98. The predicted molar refractivity (Wildman–Crippen MR) is 137 cm³/mol. The Labute approximate surface area is 212 Å². The molecule has 9 heteroatoms. The van der Waals surface area contributed by atoms with Crippen molar-refractivity contribution in [1.29, 1.82) is 0 Å². The van der Waals surface area contributed by atoms with E-state index in [-0.39, 0.29) is 11.3 Å². The third kappa shape index (κ3) is 3.72. The molecule has 0 bridgehead atoms. The lowest BCUT2D eigenvalue weighted by Gasteiger charge is -2.22. The zero-order valence-electron chi connectivity index (χ0n) is 18.0. The molecule has 1 aliphatic heterocycles. The van der Waals surface area contributed by atoms with E-state index in [0.717, 1.165) is 20.3 Å². The minimum atomic E-state index is -0.880. The number of rotatable bonds is 3. The number of Topliss-reactive ketones (excluding diaryl/α,β-unsaturated/α-hetero) is 1. The number of benzene rings is 2. The van der Waals surface area contributed by atoms with E-state index >= 15 is 0 Å². The van der Waals surface area contributed by atoms with Crippen molar-refractivity contribution >= 4 is 71.7 Å². The highest BCUT2D eigenvalue weighted by atomic mass is 79.9. The van der Waals surface area contributed by atoms with Crippen molar-refractivity contribution in [3.8, 4) is 0 Å². The van der Waals surface area contributed by atoms with Crippen molar-refractivity contribution in [3.05, 3.63) is 92.2 Å². The van der Waals surface area contributed by atoms with Gasteiger partial charge in [0.2, 0.25) is 0 Å². The number of aliphatic hydroxyl groups is 1. The van der Waals surface area contributed by atoms with E-state index in [1.54, 1.807) is 48.8 Å². The number of fused-ring (bicyclic) bond motifs is 1. The molecule has 1 saturated heterocycles. The van der Waals surface area contributed by atoms with Gasteiger partial charge in [-0.25, -0.2) is 4.98 Å². The van der Waals surface area contributed by atoms with Crippen molar-refractivity contribution < 1.29 is 14.7 Å². The fourth-order valence-corrected chi connectivity index (χ4v) is 5.45. The molecule has 1 fully saturated rings. The monoisotopic (exact) mass is 553 g/mol. The summed E-state index contributed by atoms with van der Waals surface area (Å²) >= 11 is 11.0. The Balaban J connectivity index is 1.73. The number of ketones is 1. The third-order valence-electron chi connectivity index (χ3n) is 5.74. The first-order valence-electron chi connectivity index (χ1n) is 10.3. The van der Waals surface area contributed by atoms with E-state index in [9.17, 15) is 14.7 Å². The first kappa shape index (κ1) is 22.7. The molecular weight excluding hydrogens is 538 g/mol. The lowest BCUT2D eigenvalue weighted by atomic mass is 9.96. The van der Waals surface area contributed by atoms with Gasteiger partial charge in [-0.05, 0) is 60.9 Å². The Kier molecular flexibility index (Phi) is 5.75. The van der Waals surface area contributed by atoms with Crippen LogP contribution in [0.3, 0.4) is 0 Å². The lowest BCUT2D eigenvalue weighted by Crippen LogP contribution is -2.29. The molecule has 1 N–H and O–H groups in total. The number of hydrogen-bond acceptors (Lipinski definition) is 6. The number of pyridine rings is 1. The van der Waals surface area contributed by atoms with E-state index in [1.165, 1.54) is 16.2 Å². The highest BCUT2D eigenvalue weighted by Crippen LogP contribution is 2.44. The molecular formula is C25H17BrClN3O3S. The summed E-state index contributed by atoms with van der Waals surface area (Å²) in [6, 6.07) is 11.5. The highest BCUT2D eigenvalue weighted by Gasteiger charge is 2.48. The Morgan fingerprint density at radius 2 is 1.94 bits per heavy atom. The van der Waals surface area contributed by atoms with Crippen molar-refractivity contribution in [2.45, 2.75) is 19.9 Å². The van der Waals surface area contributed by atoms with E-state index in [1.807, 2.05) is 19.9 Å². The molecule has 2 aromatic heterocycles. The smallest absolute Gasteiger partial charge is 0.301 e. The Morgan fingerprint density at radius 1 is 1.15 bits per heavy atom. The molecule has 1 amide bonds. The highest BCUT2D eigenvalue weighted by molar-refractivity contribution is 9.10. The Bertz CT molecular complexity index is 1480. The molecule has 1 unspecified atom stereocenters. The Morgan fingerprint density at radius 3 is 2.65 bits per heavy atom. The van der Waals surface area contributed by atoms with Gasteiger partial charge >= 0.3 is 5.91 Å². The summed E-state index contributed by atoms with van der Waals surface area (Å²) in [5.74, 6) is -1.78. The maximum absolute atomic E-state index is 13.3. The Hall–Kier alpha value is -3.07. The molecule has 0 aliphatic carbocycles. The fraction of sp³-hybridized carbons (Fsp3) is 0.120. The maximum atomic E-state index is 13.3. The van der Waals surface area contributed by atoms with E-state index in [4.69, 9.17) is 11.6 Å². The third-order valence-corrected chi connectivity index (χ3v) is 8.05. The van der Waals surface area contributed by atoms with Crippen LogP contribution >= 0.6 is 38.9 Å². The van der Waals surface area contributed by atoms with Gasteiger partial charge in [-0.2, -0.15) is 0 Å². The van der Waals surface area contributed by atoms with Gasteiger partial charge in [0, 0.05) is 27.5 Å². The molecule has 2 aromatic carbocycles. The molecule has 170 valence electrons. The summed E-state index contributed by atoms with van der Waals surface area (Å²) in [6.45, 7) is 3.77. The predicted octanol–water partition coefficient (Wildman–Crippen LogP) is 6.35. The number of carbonyl (C=O) groups is 2. The fourth-order valence-electron chi connectivity index (χ4n) is 3.97. The number of amides is 1. The van der Waals surface area contributed by atoms with Crippen LogP contribution in [0.15, 0.2) is 64.9 Å². The van der Waals surface area contributed by atoms with Crippen LogP contribution in [0.4, 0.5) is 5.13 Å². The molecule has 1 atom stereocenters. The number of aryl methyl sites for hydroxylation is 2. The summed E-state index contributed by atoms with van der Waals surface area (Å²) < 4.78 is 1.71. The second-order valence-corrected chi connectivity index (χ2v) is 10.3. The molecule has 5 rings (SSSR count). The van der Waals surface area contributed by atoms with Crippen LogP contribution in [-0.2, 0) is 9.59 Å². The summed E-state index contributed by atoms with van der Waals surface area (Å²) in [5, 5.41) is 12.2. The maximum Gasteiger partial charge on any atom is 0.301 e. The minimum absolute atomic E-state index is 0.00630. The van der Waals surface area contributed by atoms with Crippen LogP contribution in [0.25, 0.3) is 16.0 Å². The van der Waals surface area contributed by atoms with Crippen molar-refractivity contribution in [2.24, 2.45) is 0 Å². The largest absolute Gasteiger partial charge is 0.507 e. The summed E-state index contributed by atoms with van der Waals surface area (Å²) in [5.41, 5.74) is 3.43. The van der Waals surface area contributed by atoms with Gasteiger partial charge in [0.25, 0.3) is 5.78 Å². The van der Waals surface area contributed by atoms with Gasteiger partial charge in [-0.1, -0.05) is 51.0 Å². The summed E-state index contributed by atoms with van der Waals surface area (Å²) in [6.07, 6.45) is 3.19. The molecule has 34 heavy (non-hydrogen) atoms. The van der Waals surface area contributed by atoms with Crippen LogP contribution in [-0.4, -0.2) is 26.8 Å². The first-order chi connectivity index (χ1) is 16.3. The average Bonchev–Trinajstić information content (AvgIpc) is 3.33. The molecule has 1 aliphatic rings. The molecule has 0 saturated carbocycles. The van der Waals surface area contributed by atoms with Crippen LogP contribution in [0.2, 0.25) is 5.02 Å². The topological polar surface area (TPSA) is 83.4 Å². The number of thiazole rings is 1. The van der Waals surface area contributed by atoms with Gasteiger partial charge < -0.3 is 5.11 Å². The molecule has 4 aromatic rings. The number of nitrogens with zero attached hydrogens (tertiary/aromatic N) is 3. The van der Waals surface area contributed by atoms with E-state index < -0.39 is 17.7 Å². The van der Waals surface area contributed by atoms with Crippen molar-refractivity contribution in [1.82, 2.24) is 9.97 Å². The second kappa shape index (κ2) is 8.61. The molecule has 6 nitrogen and oxygen atoms in total.